The number of fused-ring (bicyclic) bond motifs is 1. The van der Waals surface area contributed by atoms with Crippen molar-refractivity contribution in [1.29, 1.82) is 0 Å². The van der Waals surface area contributed by atoms with E-state index in [0.717, 1.165) is 24.3 Å². The highest BCUT2D eigenvalue weighted by atomic mass is 19.3. The van der Waals surface area contributed by atoms with Crippen LogP contribution in [0.1, 0.15) is 43.7 Å². The lowest BCUT2D eigenvalue weighted by atomic mass is 9.93. The molecule has 1 atom stereocenters. The third kappa shape index (κ3) is 6.08. The predicted octanol–water partition coefficient (Wildman–Crippen LogP) is 4.19. The smallest absolute Gasteiger partial charge is 0.320 e. The van der Waals surface area contributed by atoms with E-state index in [0.29, 0.717) is 41.8 Å². The number of nitrogens with zero attached hydrogens (tertiary/aromatic N) is 8. The Morgan fingerprint density at radius 2 is 1.98 bits per heavy atom. The summed E-state index contributed by atoms with van der Waals surface area (Å²) in [6.45, 7) is 5.17. The lowest BCUT2D eigenvalue weighted by Crippen LogP contribution is -2.65. The van der Waals surface area contributed by atoms with Gasteiger partial charge in [0.15, 0.2) is 5.67 Å². The van der Waals surface area contributed by atoms with E-state index in [2.05, 4.69) is 31.8 Å². The van der Waals surface area contributed by atoms with Gasteiger partial charge in [-0.25, -0.2) is 18.4 Å². The fourth-order valence-corrected chi connectivity index (χ4v) is 6.21. The summed E-state index contributed by atoms with van der Waals surface area (Å²) >= 11 is 0. The summed E-state index contributed by atoms with van der Waals surface area (Å²) in [6.07, 6.45) is 4.61. The molecule has 2 aliphatic heterocycles. The summed E-state index contributed by atoms with van der Waals surface area (Å²) in [5.74, 6) is -0.792. The molecular weight excluding hydrogens is 608 g/mol. The molecule has 1 N–H and O–H groups in total. The van der Waals surface area contributed by atoms with Gasteiger partial charge in [-0.2, -0.15) is 8.78 Å². The van der Waals surface area contributed by atoms with E-state index in [9.17, 15) is 23.1 Å². The summed E-state index contributed by atoms with van der Waals surface area (Å²) in [7, 11) is 0. The molecule has 1 unspecified atom stereocenters. The average molecular weight is 643 g/mol. The Labute approximate surface area is 262 Å². The first kappa shape index (κ1) is 31.6. The quantitative estimate of drug-likeness (QED) is 0.202. The van der Waals surface area contributed by atoms with E-state index in [4.69, 9.17) is 4.74 Å². The number of hydrogen-bond acceptors (Lipinski definition) is 8. The molecule has 2 aliphatic rings. The summed E-state index contributed by atoms with van der Waals surface area (Å²) in [5.41, 5.74) is -0.884. The van der Waals surface area contributed by atoms with Crippen LogP contribution in [0, 0.1) is 12.7 Å². The Balaban J connectivity index is 1.19. The van der Waals surface area contributed by atoms with Crippen LogP contribution in [0.2, 0.25) is 0 Å². The van der Waals surface area contributed by atoms with Gasteiger partial charge in [0.2, 0.25) is 5.91 Å². The highest BCUT2D eigenvalue weighted by Gasteiger charge is 2.46. The average Bonchev–Trinajstić information content (AvgIpc) is 3.62. The largest absolute Gasteiger partial charge is 0.488 e. The second-order valence-electron chi connectivity index (χ2n) is 12.2. The van der Waals surface area contributed by atoms with Gasteiger partial charge in [-0.05, 0) is 57.0 Å². The summed E-state index contributed by atoms with van der Waals surface area (Å²) < 4.78 is 64.8. The molecule has 11 nitrogen and oxygen atoms in total. The van der Waals surface area contributed by atoms with Crippen LogP contribution in [0.15, 0.2) is 49.4 Å². The molecule has 2 saturated heterocycles. The number of hydrogen-bond donors (Lipinski definition) is 1. The number of piperidine rings is 1. The highest BCUT2D eigenvalue weighted by Crippen LogP contribution is 2.37. The first-order valence-electron chi connectivity index (χ1n) is 14.9. The summed E-state index contributed by atoms with van der Waals surface area (Å²) in [4.78, 5) is 23.3. The van der Waals surface area contributed by atoms with E-state index in [1.165, 1.54) is 24.0 Å². The first-order chi connectivity index (χ1) is 21.9. The lowest BCUT2D eigenvalue weighted by Gasteiger charge is -2.47. The third-order valence-corrected chi connectivity index (χ3v) is 8.68. The third-order valence-electron chi connectivity index (χ3n) is 8.68. The molecular formula is C31H34F4N8O3. The number of carbonyl (C=O) groups excluding carboxylic acids is 1. The number of benzene rings is 1. The molecule has 6 rings (SSSR count). The zero-order chi connectivity index (χ0) is 32.8. The molecule has 0 saturated carbocycles. The van der Waals surface area contributed by atoms with Crippen LogP contribution in [0.3, 0.4) is 0 Å². The fraction of sp³-hybridized carbons (Fsp3) is 0.452. The fourth-order valence-electron chi connectivity index (χ4n) is 6.21. The molecule has 0 aliphatic carbocycles. The van der Waals surface area contributed by atoms with E-state index in [1.807, 2.05) is 11.6 Å². The van der Waals surface area contributed by atoms with Gasteiger partial charge in [-0.3, -0.25) is 19.2 Å². The van der Waals surface area contributed by atoms with Gasteiger partial charge < -0.3 is 14.7 Å². The molecule has 5 heterocycles. The maximum absolute atomic E-state index is 15.1. The van der Waals surface area contributed by atoms with Gasteiger partial charge >= 0.3 is 6.55 Å². The van der Waals surface area contributed by atoms with Crippen molar-refractivity contribution in [1.82, 2.24) is 39.3 Å². The summed E-state index contributed by atoms with van der Waals surface area (Å²) in [5, 5.41) is 19.8. The maximum atomic E-state index is 15.1. The van der Waals surface area contributed by atoms with Crippen LogP contribution < -0.4 is 4.74 Å². The van der Waals surface area contributed by atoms with Gasteiger partial charge in [0.05, 0.1) is 42.2 Å². The van der Waals surface area contributed by atoms with Crippen molar-refractivity contribution in [3.63, 3.8) is 0 Å². The van der Waals surface area contributed by atoms with Crippen LogP contribution in [0.4, 0.5) is 17.6 Å². The van der Waals surface area contributed by atoms with Gasteiger partial charge in [0.25, 0.3) is 0 Å². The molecule has 0 bridgehead atoms. The number of ether oxygens (including phenoxy) is 1. The van der Waals surface area contributed by atoms with Crippen LogP contribution in [-0.4, -0.2) is 95.3 Å². The lowest BCUT2D eigenvalue weighted by molar-refractivity contribution is -0.141. The maximum Gasteiger partial charge on any atom is 0.320 e. The topological polar surface area (TPSA) is 114 Å². The molecule has 1 amide bonds. The molecule has 0 spiro atoms. The van der Waals surface area contributed by atoms with Crippen LogP contribution in [-0.2, 0) is 10.4 Å². The normalized spacial score (nSPS) is 18.5. The van der Waals surface area contributed by atoms with Crippen molar-refractivity contribution in [2.24, 2.45) is 0 Å². The van der Waals surface area contributed by atoms with Crippen molar-refractivity contribution < 1.29 is 32.2 Å². The Morgan fingerprint density at radius 3 is 2.63 bits per heavy atom. The van der Waals surface area contributed by atoms with Crippen molar-refractivity contribution in [2.75, 3.05) is 39.3 Å². The number of amides is 1. The molecule has 0 radical (unpaired) electrons. The number of likely N-dealkylation sites (tertiary alicyclic amines) is 2. The Bertz CT molecular complexity index is 1740. The molecule has 4 aromatic rings. The Kier molecular flexibility index (Phi) is 8.31. The number of alkyl halides is 3. The second kappa shape index (κ2) is 12.1. The molecule has 1 aromatic carbocycles. The number of aliphatic hydroxyl groups is 1. The highest BCUT2D eigenvalue weighted by molar-refractivity contribution is 5.88. The Morgan fingerprint density at radius 1 is 1.24 bits per heavy atom. The second-order valence-corrected chi connectivity index (χ2v) is 12.2. The number of halogens is 4. The number of rotatable bonds is 10. The van der Waals surface area contributed by atoms with Crippen LogP contribution >= 0.6 is 0 Å². The minimum Gasteiger partial charge on any atom is -0.488 e. The number of aromatic nitrogens is 6. The minimum absolute atomic E-state index is 0.0177. The molecule has 244 valence electrons. The molecule has 3 aromatic heterocycles. The van der Waals surface area contributed by atoms with E-state index in [-0.39, 0.29) is 60.7 Å². The standard InChI is InChI=1S/C31H34F4N8O3/c1-4-26(44)41-15-31(35,16-41)14-40-9-7-22(8-10-40)43-19(2)27(38-39-43)20-11-23-28(42(18-37-23)29(33)34)24(12-20)46-17-30(3,45)25-6-5-21(32)13-36-25/h4-6,11-13,18,22,29,45H,1,7-10,14-17H2,2-3H3. The molecule has 15 heteroatoms. The monoisotopic (exact) mass is 642 g/mol. The number of pyridine rings is 1. The van der Waals surface area contributed by atoms with Crippen molar-refractivity contribution in [3.05, 3.63) is 66.6 Å². The zero-order valence-electron chi connectivity index (χ0n) is 25.4. The van der Waals surface area contributed by atoms with Crippen molar-refractivity contribution in [3.8, 4) is 17.0 Å². The van der Waals surface area contributed by atoms with Gasteiger partial charge in [-0.15, -0.1) is 5.10 Å². The summed E-state index contributed by atoms with van der Waals surface area (Å²) in [6, 6.07) is 5.68. The zero-order valence-corrected chi connectivity index (χ0v) is 25.4. The number of imidazole rings is 1. The van der Waals surface area contributed by atoms with Gasteiger partial charge in [0, 0.05) is 25.2 Å². The van der Waals surface area contributed by atoms with Crippen LogP contribution in [0.25, 0.3) is 22.3 Å². The van der Waals surface area contributed by atoms with E-state index < -0.39 is 23.6 Å². The van der Waals surface area contributed by atoms with Crippen LogP contribution in [0.5, 0.6) is 5.75 Å². The Hall–Kier alpha value is -4.37. The van der Waals surface area contributed by atoms with Crippen molar-refractivity contribution >= 4 is 16.9 Å². The van der Waals surface area contributed by atoms with E-state index in [1.54, 1.807) is 12.1 Å². The minimum atomic E-state index is -2.89. The van der Waals surface area contributed by atoms with Gasteiger partial charge in [-0.1, -0.05) is 11.8 Å². The van der Waals surface area contributed by atoms with E-state index >= 15 is 4.39 Å². The molecule has 46 heavy (non-hydrogen) atoms. The SMILES string of the molecule is C=CC(=O)N1CC(F)(CN2CCC(n3nnc(-c4cc(OCC(C)(O)c5ccc(F)cn5)c5c(c4)ncn5C(F)F)c3C)CC2)C1. The van der Waals surface area contributed by atoms with Gasteiger partial charge in [0.1, 0.15) is 41.3 Å². The molecule has 2 fully saturated rings. The first-order valence-corrected chi connectivity index (χ1v) is 14.9. The van der Waals surface area contributed by atoms with Crippen molar-refractivity contribution in [2.45, 2.75) is 50.6 Å². The predicted molar refractivity (Wildman–Crippen MR) is 159 cm³/mol. The number of carbonyl (C=O) groups is 1.